The van der Waals surface area contributed by atoms with Crippen LogP contribution in [0.25, 0.3) is 0 Å². The molecule has 4 nitrogen and oxygen atoms in total. The first-order valence-corrected chi connectivity index (χ1v) is 6.54. The lowest BCUT2D eigenvalue weighted by atomic mass is 10.3. The first-order chi connectivity index (χ1) is 7.86. The van der Waals surface area contributed by atoms with Gasteiger partial charge in [0, 0.05) is 50.2 Å². The molecule has 0 unspecified atom stereocenters. The highest BCUT2D eigenvalue weighted by molar-refractivity contribution is 7.08. The van der Waals surface area contributed by atoms with E-state index in [2.05, 4.69) is 15.5 Å². The Morgan fingerprint density at radius 3 is 2.72 bits per heavy atom. The molecule has 0 radical (unpaired) electrons. The molecular formula is C11H19Cl2N3OS. The van der Waals surface area contributed by atoms with Crippen molar-refractivity contribution in [1.29, 1.82) is 0 Å². The van der Waals surface area contributed by atoms with E-state index in [1.807, 2.05) is 16.8 Å². The Balaban J connectivity index is 0.00000144. The van der Waals surface area contributed by atoms with Crippen molar-refractivity contribution in [2.24, 2.45) is 0 Å². The van der Waals surface area contributed by atoms with Crippen LogP contribution < -0.4 is 10.6 Å². The molecule has 1 saturated heterocycles. The van der Waals surface area contributed by atoms with Crippen molar-refractivity contribution in [3.8, 4) is 0 Å². The highest BCUT2D eigenvalue weighted by Crippen LogP contribution is 2.04. The van der Waals surface area contributed by atoms with E-state index in [4.69, 9.17) is 0 Å². The van der Waals surface area contributed by atoms with Crippen LogP contribution in [0, 0.1) is 0 Å². The number of nitrogens with one attached hydrogen (secondary N) is 2. The van der Waals surface area contributed by atoms with Crippen molar-refractivity contribution in [2.75, 3.05) is 39.3 Å². The number of carbonyl (C=O) groups excluding carboxylic acids is 1. The predicted octanol–water partition coefficient (Wildman–Crippen LogP) is 1.23. The van der Waals surface area contributed by atoms with E-state index in [1.165, 1.54) is 0 Å². The molecule has 0 aromatic carbocycles. The number of hydrogen-bond acceptors (Lipinski definition) is 4. The predicted molar refractivity (Wildman–Crippen MR) is 80.5 cm³/mol. The standard InChI is InChI=1S/C11H17N3OS.2ClH/c15-11(10-1-8-16-9-10)13-4-7-14-5-2-12-3-6-14;;/h1,8-9,12H,2-7H2,(H,13,15);2*1H. The molecule has 1 aromatic rings. The maximum Gasteiger partial charge on any atom is 0.252 e. The molecule has 1 aliphatic rings. The number of carbonyl (C=O) groups is 1. The third-order valence-electron chi connectivity index (χ3n) is 2.71. The third-order valence-corrected chi connectivity index (χ3v) is 3.39. The molecule has 0 spiro atoms. The molecule has 0 aliphatic carbocycles. The summed E-state index contributed by atoms with van der Waals surface area (Å²) in [4.78, 5) is 14.0. The zero-order valence-electron chi connectivity index (χ0n) is 10.1. The van der Waals surface area contributed by atoms with E-state index in [9.17, 15) is 4.79 Å². The molecule has 18 heavy (non-hydrogen) atoms. The van der Waals surface area contributed by atoms with Gasteiger partial charge in [0.15, 0.2) is 0 Å². The molecule has 7 heteroatoms. The van der Waals surface area contributed by atoms with Crippen LogP contribution in [0.5, 0.6) is 0 Å². The summed E-state index contributed by atoms with van der Waals surface area (Å²) in [5, 5.41) is 10.0. The molecule has 0 atom stereocenters. The van der Waals surface area contributed by atoms with Gasteiger partial charge in [-0.15, -0.1) is 24.8 Å². The Hall–Kier alpha value is -0.330. The second-order valence-corrected chi connectivity index (χ2v) is 4.64. The lowest BCUT2D eigenvalue weighted by Gasteiger charge is -2.27. The Bertz CT molecular complexity index is 329. The van der Waals surface area contributed by atoms with E-state index in [0.717, 1.165) is 44.8 Å². The zero-order valence-corrected chi connectivity index (χ0v) is 12.5. The summed E-state index contributed by atoms with van der Waals surface area (Å²) in [6.07, 6.45) is 0. The first kappa shape index (κ1) is 17.7. The van der Waals surface area contributed by atoms with Crippen LogP contribution in [0.1, 0.15) is 10.4 Å². The van der Waals surface area contributed by atoms with Crippen LogP contribution in [0.2, 0.25) is 0 Å². The lowest BCUT2D eigenvalue weighted by Crippen LogP contribution is -2.46. The number of rotatable bonds is 4. The van der Waals surface area contributed by atoms with Crippen LogP contribution in [0.4, 0.5) is 0 Å². The van der Waals surface area contributed by atoms with Crippen molar-refractivity contribution >= 4 is 42.1 Å². The lowest BCUT2D eigenvalue weighted by molar-refractivity contribution is 0.0948. The van der Waals surface area contributed by atoms with Crippen LogP contribution in [-0.2, 0) is 0 Å². The van der Waals surface area contributed by atoms with Crippen molar-refractivity contribution in [1.82, 2.24) is 15.5 Å². The number of nitrogens with zero attached hydrogens (tertiary/aromatic N) is 1. The molecule has 0 bridgehead atoms. The van der Waals surface area contributed by atoms with Crippen molar-refractivity contribution in [3.63, 3.8) is 0 Å². The molecule has 1 aliphatic heterocycles. The van der Waals surface area contributed by atoms with E-state index < -0.39 is 0 Å². The largest absolute Gasteiger partial charge is 0.351 e. The monoisotopic (exact) mass is 311 g/mol. The van der Waals surface area contributed by atoms with Crippen molar-refractivity contribution in [2.45, 2.75) is 0 Å². The van der Waals surface area contributed by atoms with Crippen LogP contribution >= 0.6 is 36.2 Å². The fraction of sp³-hybridized carbons (Fsp3) is 0.545. The Labute approximate surface area is 124 Å². The van der Waals surface area contributed by atoms with Gasteiger partial charge in [-0.3, -0.25) is 9.69 Å². The van der Waals surface area contributed by atoms with Gasteiger partial charge in [-0.05, 0) is 11.4 Å². The molecule has 2 N–H and O–H groups in total. The zero-order chi connectivity index (χ0) is 11.2. The van der Waals surface area contributed by atoms with E-state index in [0.29, 0.717) is 0 Å². The number of piperazine rings is 1. The topological polar surface area (TPSA) is 44.4 Å². The van der Waals surface area contributed by atoms with Crippen molar-refractivity contribution in [3.05, 3.63) is 22.4 Å². The highest BCUT2D eigenvalue weighted by atomic mass is 35.5. The average Bonchev–Trinajstić information content (AvgIpc) is 2.84. The quantitative estimate of drug-likeness (QED) is 0.879. The summed E-state index contributed by atoms with van der Waals surface area (Å²) in [5.41, 5.74) is 0.769. The minimum absolute atomic E-state index is 0. The second kappa shape index (κ2) is 9.58. The molecule has 104 valence electrons. The van der Waals surface area contributed by atoms with Gasteiger partial charge in [-0.1, -0.05) is 0 Å². The number of amides is 1. The Morgan fingerprint density at radius 1 is 1.39 bits per heavy atom. The molecule has 1 aromatic heterocycles. The van der Waals surface area contributed by atoms with Gasteiger partial charge in [0.2, 0.25) is 0 Å². The van der Waals surface area contributed by atoms with Gasteiger partial charge < -0.3 is 10.6 Å². The minimum Gasteiger partial charge on any atom is -0.351 e. The maximum absolute atomic E-state index is 11.6. The summed E-state index contributed by atoms with van der Waals surface area (Å²) >= 11 is 1.55. The van der Waals surface area contributed by atoms with E-state index >= 15 is 0 Å². The SMILES string of the molecule is Cl.Cl.O=C(NCCN1CCNCC1)c1ccsc1. The average molecular weight is 312 g/mol. The highest BCUT2D eigenvalue weighted by Gasteiger charge is 2.10. The molecule has 0 saturated carbocycles. The summed E-state index contributed by atoms with van der Waals surface area (Å²) in [6, 6.07) is 1.85. The van der Waals surface area contributed by atoms with Gasteiger partial charge in [0.05, 0.1) is 0 Å². The minimum atomic E-state index is 0. The fourth-order valence-corrected chi connectivity index (χ4v) is 2.39. The molecule has 2 heterocycles. The van der Waals surface area contributed by atoms with Crippen LogP contribution in [-0.4, -0.2) is 50.1 Å². The van der Waals surface area contributed by atoms with E-state index in [-0.39, 0.29) is 30.7 Å². The van der Waals surface area contributed by atoms with Crippen LogP contribution in [0.15, 0.2) is 16.8 Å². The molecule has 1 amide bonds. The second-order valence-electron chi connectivity index (χ2n) is 3.86. The summed E-state index contributed by atoms with van der Waals surface area (Å²) in [5.74, 6) is 0.0383. The summed E-state index contributed by atoms with van der Waals surface area (Å²) < 4.78 is 0. The summed E-state index contributed by atoms with van der Waals surface area (Å²) in [7, 11) is 0. The van der Waals surface area contributed by atoms with Gasteiger partial charge in [-0.2, -0.15) is 11.3 Å². The van der Waals surface area contributed by atoms with E-state index in [1.54, 1.807) is 11.3 Å². The Morgan fingerprint density at radius 2 is 2.11 bits per heavy atom. The van der Waals surface area contributed by atoms with Gasteiger partial charge in [0.1, 0.15) is 0 Å². The van der Waals surface area contributed by atoms with Gasteiger partial charge >= 0.3 is 0 Å². The smallest absolute Gasteiger partial charge is 0.252 e. The number of thiophene rings is 1. The summed E-state index contributed by atoms with van der Waals surface area (Å²) in [6.45, 7) is 5.94. The third kappa shape index (κ3) is 5.54. The fourth-order valence-electron chi connectivity index (χ4n) is 1.76. The van der Waals surface area contributed by atoms with Crippen molar-refractivity contribution < 1.29 is 4.79 Å². The van der Waals surface area contributed by atoms with Gasteiger partial charge in [-0.25, -0.2) is 0 Å². The van der Waals surface area contributed by atoms with Gasteiger partial charge in [0.25, 0.3) is 5.91 Å². The Kier molecular flexibility index (Phi) is 9.40. The molecule has 1 fully saturated rings. The number of halogens is 2. The molecule has 2 rings (SSSR count). The maximum atomic E-state index is 11.6. The normalized spacial score (nSPS) is 15.3. The molecular weight excluding hydrogens is 293 g/mol. The first-order valence-electron chi connectivity index (χ1n) is 5.60. The number of hydrogen-bond donors (Lipinski definition) is 2. The van der Waals surface area contributed by atoms with Crippen LogP contribution in [0.3, 0.4) is 0 Å².